The van der Waals surface area contributed by atoms with Crippen LogP contribution in [-0.2, 0) is 19.3 Å². The molecule has 5 atom stereocenters. The van der Waals surface area contributed by atoms with Crippen molar-refractivity contribution in [2.24, 2.45) is 0 Å². The summed E-state index contributed by atoms with van der Waals surface area (Å²) in [4.78, 5) is 0. The summed E-state index contributed by atoms with van der Waals surface area (Å²) in [6, 6.07) is 10.5. The summed E-state index contributed by atoms with van der Waals surface area (Å²) in [5, 5.41) is 49.4. The van der Waals surface area contributed by atoms with Gasteiger partial charge in [-0.15, -0.1) is 0 Å². The standard InChI is InChI=1S/C20H22O11S.K/c21-13-5-3-11(4-6-13)1-2-12-7-14(22)9-15(8-12)30-20-19(25)18(24)17(23)16(31-20)10-29-32(26,27)28;/h1-9,16-25H,10H2,(H,26,27,28);/q;+1/p-1/b2-1+;/t16-,17-,18+,19-,20-;/m1./s1. The van der Waals surface area contributed by atoms with Crippen LogP contribution in [0.5, 0.6) is 17.2 Å². The molecule has 1 aliphatic rings. The van der Waals surface area contributed by atoms with Crippen LogP contribution in [0.1, 0.15) is 11.1 Å². The number of phenolic OH excluding ortho intramolecular Hbond substituents is 2. The normalized spacial score (nSPS) is 25.5. The minimum Gasteiger partial charge on any atom is -0.726 e. The molecule has 11 nitrogen and oxygen atoms in total. The molecular formula is C20H21KO11S. The zero-order valence-corrected chi connectivity index (χ0v) is 21.3. The number of aliphatic hydroxyl groups is 3. The number of phenols is 2. The molecule has 2 aromatic rings. The Morgan fingerprint density at radius 2 is 1.55 bits per heavy atom. The van der Waals surface area contributed by atoms with Gasteiger partial charge in [0.25, 0.3) is 0 Å². The maximum absolute atomic E-state index is 10.6. The quantitative estimate of drug-likeness (QED) is 0.111. The fourth-order valence-corrected chi connectivity index (χ4v) is 3.28. The molecule has 0 spiro atoms. The van der Waals surface area contributed by atoms with Crippen LogP contribution in [0.15, 0.2) is 42.5 Å². The Kier molecular flexibility index (Phi) is 10.3. The molecule has 174 valence electrons. The maximum atomic E-state index is 10.6. The molecule has 1 aliphatic heterocycles. The van der Waals surface area contributed by atoms with Gasteiger partial charge in [0.05, 0.1) is 6.61 Å². The number of benzene rings is 2. The maximum Gasteiger partial charge on any atom is 1.00 e. The van der Waals surface area contributed by atoms with Crippen molar-refractivity contribution in [3.8, 4) is 17.2 Å². The summed E-state index contributed by atoms with van der Waals surface area (Å²) in [5.41, 5.74) is 1.27. The molecule has 1 saturated heterocycles. The summed E-state index contributed by atoms with van der Waals surface area (Å²) >= 11 is 0. The molecule has 0 amide bonds. The fourth-order valence-electron chi connectivity index (χ4n) is 2.98. The van der Waals surface area contributed by atoms with Crippen molar-refractivity contribution >= 4 is 22.6 Å². The Hall–Kier alpha value is -1.07. The number of aliphatic hydroxyl groups excluding tert-OH is 3. The molecule has 3 rings (SSSR count). The van der Waals surface area contributed by atoms with Gasteiger partial charge in [-0.1, -0.05) is 24.3 Å². The topological polar surface area (TPSA) is 186 Å². The zero-order valence-electron chi connectivity index (χ0n) is 17.4. The molecule has 0 radical (unpaired) electrons. The monoisotopic (exact) mass is 508 g/mol. The van der Waals surface area contributed by atoms with E-state index in [1.165, 1.54) is 30.3 Å². The van der Waals surface area contributed by atoms with Gasteiger partial charge in [0.15, 0.2) is 0 Å². The van der Waals surface area contributed by atoms with Gasteiger partial charge in [0.2, 0.25) is 16.7 Å². The van der Waals surface area contributed by atoms with Crippen LogP contribution in [-0.4, -0.2) is 75.8 Å². The van der Waals surface area contributed by atoms with Crippen LogP contribution in [0.4, 0.5) is 0 Å². The Bertz CT molecular complexity index is 1060. The summed E-state index contributed by atoms with van der Waals surface area (Å²) in [5.74, 6) is -0.0414. The number of rotatable bonds is 7. The van der Waals surface area contributed by atoms with Gasteiger partial charge >= 0.3 is 51.4 Å². The molecule has 2 aromatic carbocycles. The first-order valence-corrected chi connectivity index (χ1v) is 10.6. The molecule has 33 heavy (non-hydrogen) atoms. The van der Waals surface area contributed by atoms with Gasteiger partial charge in [0, 0.05) is 6.07 Å². The summed E-state index contributed by atoms with van der Waals surface area (Å²) in [7, 11) is -5.08. The van der Waals surface area contributed by atoms with Crippen LogP contribution in [0.2, 0.25) is 0 Å². The van der Waals surface area contributed by atoms with E-state index in [0.717, 1.165) is 5.56 Å². The molecule has 1 heterocycles. The van der Waals surface area contributed by atoms with E-state index in [1.807, 2.05) is 0 Å². The second kappa shape index (κ2) is 12.1. The molecule has 13 heteroatoms. The Balaban J connectivity index is 0.00000385. The Morgan fingerprint density at radius 3 is 2.18 bits per heavy atom. The fraction of sp³-hybridized carbons (Fsp3) is 0.300. The first-order valence-electron chi connectivity index (χ1n) is 9.29. The van der Waals surface area contributed by atoms with Crippen LogP contribution < -0.4 is 56.1 Å². The molecule has 0 bridgehead atoms. The van der Waals surface area contributed by atoms with Gasteiger partial charge in [-0.3, -0.25) is 4.18 Å². The van der Waals surface area contributed by atoms with Crippen LogP contribution in [0.3, 0.4) is 0 Å². The van der Waals surface area contributed by atoms with Crippen molar-refractivity contribution in [3.05, 3.63) is 53.6 Å². The van der Waals surface area contributed by atoms with E-state index in [4.69, 9.17) is 9.47 Å². The third-order valence-electron chi connectivity index (χ3n) is 4.57. The van der Waals surface area contributed by atoms with Crippen LogP contribution in [0.25, 0.3) is 12.2 Å². The van der Waals surface area contributed by atoms with Gasteiger partial charge in [-0.05, 0) is 35.4 Å². The molecular weight excluding hydrogens is 487 g/mol. The Labute approximate surface area is 232 Å². The first kappa shape index (κ1) is 28.2. The van der Waals surface area contributed by atoms with E-state index in [2.05, 4.69) is 4.18 Å². The van der Waals surface area contributed by atoms with E-state index in [9.17, 15) is 38.5 Å². The van der Waals surface area contributed by atoms with Crippen molar-refractivity contribution in [1.82, 2.24) is 0 Å². The average molecular weight is 509 g/mol. The van der Waals surface area contributed by atoms with Gasteiger partial charge in [-0.25, -0.2) is 8.42 Å². The second-order valence-electron chi connectivity index (χ2n) is 7.01. The average Bonchev–Trinajstić information content (AvgIpc) is 2.72. The molecule has 1 fully saturated rings. The third kappa shape index (κ3) is 8.27. The van der Waals surface area contributed by atoms with Crippen molar-refractivity contribution in [2.75, 3.05) is 6.61 Å². The van der Waals surface area contributed by atoms with Crippen molar-refractivity contribution < 1.29 is 104 Å². The van der Waals surface area contributed by atoms with Crippen molar-refractivity contribution in [1.29, 1.82) is 0 Å². The van der Waals surface area contributed by atoms with E-state index in [1.54, 1.807) is 24.3 Å². The van der Waals surface area contributed by atoms with Crippen LogP contribution >= 0.6 is 0 Å². The SMILES string of the molecule is O=S(=O)([O-])OC[C@H]1O[C@@H](Oc2cc(O)cc(/C=C/c3ccc(O)cc3)c2)[C@H](O)[C@@H](O)[C@@H]1O.[K+]. The van der Waals surface area contributed by atoms with E-state index in [-0.39, 0.29) is 68.6 Å². The number of aromatic hydroxyl groups is 2. The minimum absolute atomic E-state index is 0. The van der Waals surface area contributed by atoms with E-state index >= 15 is 0 Å². The van der Waals surface area contributed by atoms with E-state index < -0.39 is 47.7 Å². The first-order chi connectivity index (χ1) is 15.0. The number of hydrogen-bond acceptors (Lipinski definition) is 11. The summed E-state index contributed by atoms with van der Waals surface area (Å²) in [6.45, 7) is -0.905. The smallest absolute Gasteiger partial charge is 0.726 e. The van der Waals surface area contributed by atoms with Crippen LogP contribution in [0, 0.1) is 0 Å². The predicted molar refractivity (Wildman–Crippen MR) is 108 cm³/mol. The zero-order chi connectivity index (χ0) is 23.5. The molecule has 0 aliphatic carbocycles. The van der Waals surface area contributed by atoms with Gasteiger partial charge in [-0.2, -0.15) is 0 Å². The summed E-state index contributed by atoms with van der Waals surface area (Å²) in [6.07, 6.45) is -4.99. The minimum atomic E-state index is -5.08. The number of ether oxygens (including phenoxy) is 2. The third-order valence-corrected chi connectivity index (χ3v) is 5.00. The molecule has 0 saturated carbocycles. The van der Waals surface area contributed by atoms with Gasteiger partial charge in [0.1, 0.15) is 41.7 Å². The summed E-state index contributed by atoms with van der Waals surface area (Å²) < 4.78 is 46.8. The number of hydrogen-bond donors (Lipinski definition) is 5. The molecule has 5 N–H and O–H groups in total. The molecule has 0 unspecified atom stereocenters. The Morgan fingerprint density at radius 1 is 0.909 bits per heavy atom. The largest absolute Gasteiger partial charge is 1.00 e. The predicted octanol–water partition coefficient (Wildman–Crippen LogP) is -3.06. The molecule has 0 aromatic heterocycles. The second-order valence-corrected chi connectivity index (χ2v) is 8.06. The van der Waals surface area contributed by atoms with E-state index in [0.29, 0.717) is 5.56 Å². The van der Waals surface area contributed by atoms with Crippen molar-refractivity contribution in [3.63, 3.8) is 0 Å². The van der Waals surface area contributed by atoms with Crippen molar-refractivity contribution in [2.45, 2.75) is 30.7 Å². The van der Waals surface area contributed by atoms with Gasteiger partial charge < -0.3 is 39.6 Å².